The van der Waals surface area contributed by atoms with E-state index in [1.54, 1.807) is 37.3 Å². The van der Waals surface area contributed by atoms with Crippen molar-refractivity contribution in [1.29, 1.82) is 0 Å². The van der Waals surface area contributed by atoms with Gasteiger partial charge in [-0.15, -0.1) is 0 Å². The molecule has 0 saturated carbocycles. The van der Waals surface area contributed by atoms with Crippen LogP contribution in [0, 0.1) is 12.7 Å². The Kier molecular flexibility index (Phi) is 8.88. The molecule has 0 aliphatic rings. The summed E-state index contributed by atoms with van der Waals surface area (Å²) in [4.78, 5) is 27.4. The van der Waals surface area contributed by atoms with Gasteiger partial charge in [-0.25, -0.2) is 12.8 Å². The number of ether oxygens (including phenoxy) is 1. The average Bonchev–Trinajstić information content (AvgIpc) is 2.90. The van der Waals surface area contributed by atoms with Crippen LogP contribution in [0.1, 0.15) is 18.1 Å². The van der Waals surface area contributed by atoms with Crippen LogP contribution in [0.3, 0.4) is 0 Å². The monoisotopic (exact) mass is 527 g/mol. The van der Waals surface area contributed by atoms with E-state index in [2.05, 4.69) is 5.32 Å². The molecule has 0 aromatic heterocycles. The maximum Gasteiger partial charge on any atom is 0.264 e. The van der Waals surface area contributed by atoms with E-state index in [0.29, 0.717) is 11.3 Å². The molecule has 3 aromatic carbocycles. The van der Waals surface area contributed by atoms with Crippen molar-refractivity contribution in [2.45, 2.75) is 31.3 Å². The molecular weight excluding hydrogens is 497 g/mol. The van der Waals surface area contributed by atoms with E-state index in [4.69, 9.17) is 4.74 Å². The topological polar surface area (TPSA) is 96.0 Å². The number of hydrogen-bond donors (Lipinski definition) is 1. The van der Waals surface area contributed by atoms with Gasteiger partial charge in [0.05, 0.1) is 17.7 Å². The van der Waals surface area contributed by atoms with Crippen molar-refractivity contribution >= 4 is 27.5 Å². The highest BCUT2D eigenvalue weighted by Gasteiger charge is 2.32. The number of anilines is 1. The third-order valence-electron chi connectivity index (χ3n) is 5.91. The molecule has 0 fully saturated rings. The zero-order valence-electron chi connectivity index (χ0n) is 21.1. The standard InChI is InChI=1S/C27H30FN3O5S/c1-19-8-14-25(15-9-19)37(34,35)31(23-6-5-7-24(16-23)36-4)18-26(32)30(20(2)27(33)29-3)17-21-10-12-22(28)13-11-21/h5-16,20H,17-18H2,1-4H3,(H,29,33)/t20-/m1/s1. The summed E-state index contributed by atoms with van der Waals surface area (Å²) in [6, 6.07) is 17.3. The molecule has 0 radical (unpaired) electrons. The van der Waals surface area contributed by atoms with Crippen molar-refractivity contribution in [2.75, 3.05) is 25.0 Å². The second-order valence-corrected chi connectivity index (χ2v) is 10.3. The average molecular weight is 528 g/mol. The van der Waals surface area contributed by atoms with Crippen LogP contribution in [0.25, 0.3) is 0 Å². The molecule has 196 valence electrons. The van der Waals surface area contributed by atoms with Gasteiger partial charge in [-0.3, -0.25) is 13.9 Å². The van der Waals surface area contributed by atoms with Crippen LogP contribution in [-0.2, 0) is 26.2 Å². The predicted molar refractivity (Wildman–Crippen MR) is 139 cm³/mol. The van der Waals surface area contributed by atoms with Crippen molar-refractivity contribution in [3.8, 4) is 5.75 Å². The van der Waals surface area contributed by atoms with Crippen LogP contribution in [0.5, 0.6) is 5.75 Å². The molecule has 3 aromatic rings. The maximum absolute atomic E-state index is 13.8. The number of sulfonamides is 1. The van der Waals surface area contributed by atoms with Crippen LogP contribution in [0.4, 0.5) is 10.1 Å². The fraction of sp³-hybridized carbons (Fsp3) is 0.259. The number of benzene rings is 3. The minimum absolute atomic E-state index is 0.0122. The molecule has 1 atom stereocenters. The van der Waals surface area contributed by atoms with E-state index in [0.717, 1.165) is 9.87 Å². The van der Waals surface area contributed by atoms with Gasteiger partial charge in [0, 0.05) is 19.7 Å². The Bertz CT molecular complexity index is 1350. The van der Waals surface area contributed by atoms with Crippen molar-refractivity contribution in [3.05, 3.63) is 89.7 Å². The number of likely N-dealkylation sites (N-methyl/N-ethyl adjacent to an activating group) is 1. The van der Waals surface area contributed by atoms with E-state index in [1.165, 1.54) is 61.5 Å². The van der Waals surface area contributed by atoms with Gasteiger partial charge >= 0.3 is 0 Å². The van der Waals surface area contributed by atoms with Crippen molar-refractivity contribution in [2.24, 2.45) is 0 Å². The lowest BCUT2D eigenvalue weighted by atomic mass is 10.1. The highest BCUT2D eigenvalue weighted by molar-refractivity contribution is 7.92. The van der Waals surface area contributed by atoms with Gasteiger partial charge in [-0.05, 0) is 55.8 Å². The van der Waals surface area contributed by atoms with E-state index in [9.17, 15) is 22.4 Å². The van der Waals surface area contributed by atoms with Crippen LogP contribution < -0.4 is 14.4 Å². The number of carbonyl (C=O) groups excluding carboxylic acids is 2. The van der Waals surface area contributed by atoms with Crippen LogP contribution >= 0.6 is 0 Å². The summed E-state index contributed by atoms with van der Waals surface area (Å²) in [5.74, 6) is -1.06. The lowest BCUT2D eigenvalue weighted by Crippen LogP contribution is -2.50. The Balaban J connectivity index is 2.04. The highest BCUT2D eigenvalue weighted by Crippen LogP contribution is 2.28. The molecular formula is C27H30FN3O5S. The molecule has 0 heterocycles. The molecule has 0 saturated heterocycles. The third kappa shape index (κ3) is 6.65. The van der Waals surface area contributed by atoms with Crippen molar-refractivity contribution in [1.82, 2.24) is 10.2 Å². The zero-order valence-corrected chi connectivity index (χ0v) is 22.0. The highest BCUT2D eigenvalue weighted by atomic mass is 32.2. The van der Waals surface area contributed by atoms with Crippen molar-refractivity contribution < 1.29 is 27.1 Å². The molecule has 10 heteroatoms. The first-order valence-electron chi connectivity index (χ1n) is 11.6. The number of amides is 2. The Labute approximate surface area is 216 Å². The first-order valence-corrected chi connectivity index (χ1v) is 13.0. The van der Waals surface area contributed by atoms with Crippen molar-refractivity contribution in [3.63, 3.8) is 0 Å². The van der Waals surface area contributed by atoms with E-state index in [1.807, 2.05) is 6.92 Å². The molecule has 3 rings (SSSR count). The summed E-state index contributed by atoms with van der Waals surface area (Å²) < 4.78 is 47.2. The quantitative estimate of drug-likeness (QED) is 0.436. The number of nitrogens with one attached hydrogen (secondary N) is 1. The molecule has 0 bridgehead atoms. The van der Waals surface area contributed by atoms with E-state index in [-0.39, 0.29) is 17.1 Å². The second-order valence-electron chi connectivity index (χ2n) is 8.46. The number of aryl methyl sites for hydroxylation is 1. The predicted octanol–water partition coefficient (Wildman–Crippen LogP) is 3.50. The summed E-state index contributed by atoms with van der Waals surface area (Å²) in [5.41, 5.74) is 1.69. The molecule has 0 aliphatic carbocycles. The number of methoxy groups -OCH3 is 1. The van der Waals surface area contributed by atoms with E-state index < -0.39 is 40.2 Å². The first-order chi connectivity index (χ1) is 17.6. The van der Waals surface area contributed by atoms with Gasteiger partial charge in [0.2, 0.25) is 11.8 Å². The summed E-state index contributed by atoms with van der Waals surface area (Å²) in [6.45, 7) is 2.79. The SMILES string of the molecule is CNC(=O)[C@@H](C)N(Cc1ccc(F)cc1)C(=O)CN(c1cccc(OC)c1)S(=O)(=O)c1ccc(C)cc1. The molecule has 8 nitrogen and oxygen atoms in total. The molecule has 0 spiro atoms. The summed E-state index contributed by atoms with van der Waals surface area (Å²) in [6.07, 6.45) is 0. The third-order valence-corrected chi connectivity index (χ3v) is 7.70. The first kappa shape index (κ1) is 27.7. The molecule has 0 unspecified atom stereocenters. The number of hydrogen-bond acceptors (Lipinski definition) is 5. The smallest absolute Gasteiger partial charge is 0.264 e. The summed E-state index contributed by atoms with van der Waals surface area (Å²) in [7, 11) is -1.27. The van der Waals surface area contributed by atoms with Crippen LogP contribution in [-0.4, -0.2) is 51.9 Å². The summed E-state index contributed by atoms with van der Waals surface area (Å²) >= 11 is 0. The fourth-order valence-corrected chi connectivity index (χ4v) is 5.12. The lowest BCUT2D eigenvalue weighted by Gasteiger charge is -2.31. The normalized spacial score (nSPS) is 11.9. The largest absolute Gasteiger partial charge is 0.497 e. The zero-order chi connectivity index (χ0) is 27.2. The Morgan fingerprint density at radius 2 is 1.68 bits per heavy atom. The maximum atomic E-state index is 13.8. The minimum Gasteiger partial charge on any atom is -0.497 e. The van der Waals surface area contributed by atoms with Gasteiger partial charge < -0.3 is 15.0 Å². The molecule has 37 heavy (non-hydrogen) atoms. The van der Waals surface area contributed by atoms with Crippen LogP contribution in [0.2, 0.25) is 0 Å². The number of halogens is 1. The number of carbonyl (C=O) groups is 2. The lowest BCUT2D eigenvalue weighted by molar-refractivity contribution is -0.139. The van der Waals surface area contributed by atoms with Gasteiger partial charge in [0.25, 0.3) is 10.0 Å². The Hall–Kier alpha value is -3.92. The van der Waals surface area contributed by atoms with Gasteiger partial charge in [-0.1, -0.05) is 35.9 Å². The Morgan fingerprint density at radius 3 is 2.27 bits per heavy atom. The molecule has 2 amide bonds. The Morgan fingerprint density at radius 1 is 1.03 bits per heavy atom. The van der Waals surface area contributed by atoms with Gasteiger partial charge in [0.1, 0.15) is 24.2 Å². The van der Waals surface area contributed by atoms with E-state index >= 15 is 0 Å². The number of rotatable bonds is 10. The summed E-state index contributed by atoms with van der Waals surface area (Å²) in [5, 5.41) is 2.52. The van der Waals surface area contributed by atoms with Gasteiger partial charge in [-0.2, -0.15) is 0 Å². The van der Waals surface area contributed by atoms with Gasteiger partial charge in [0.15, 0.2) is 0 Å². The minimum atomic E-state index is -4.17. The molecule has 0 aliphatic heterocycles. The number of nitrogens with zero attached hydrogens (tertiary/aromatic N) is 2. The van der Waals surface area contributed by atoms with Crippen LogP contribution in [0.15, 0.2) is 77.7 Å². The fourth-order valence-electron chi connectivity index (χ4n) is 3.71. The second kappa shape index (κ2) is 11.9. The molecule has 1 N–H and O–H groups in total.